The van der Waals surface area contributed by atoms with Gasteiger partial charge in [0.2, 0.25) is 5.91 Å². The van der Waals surface area contributed by atoms with E-state index in [1.807, 2.05) is 24.3 Å². The van der Waals surface area contributed by atoms with Gasteiger partial charge in [-0.25, -0.2) is 9.18 Å². The average molecular weight is 483 g/mol. The van der Waals surface area contributed by atoms with Gasteiger partial charge < -0.3 is 10.1 Å². The van der Waals surface area contributed by atoms with Crippen LogP contribution in [0.1, 0.15) is 38.8 Å². The van der Waals surface area contributed by atoms with Crippen LogP contribution in [0.25, 0.3) is 12.2 Å². The number of amides is 1. The highest BCUT2D eigenvalue weighted by atomic mass is 32.1. The molecule has 0 atom stereocenters. The molecule has 0 saturated carbocycles. The predicted molar refractivity (Wildman–Crippen MR) is 133 cm³/mol. The van der Waals surface area contributed by atoms with Gasteiger partial charge in [0.15, 0.2) is 0 Å². The van der Waals surface area contributed by atoms with E-state index in [2.05, 4.69) is 26.1 Å². The lowest BCUT2D eigenvalue weighted by Gasteiger charge is -2.18. The molecule has 8 heteroatoms. The molecule has 0 aliphatic heterocycles. The largest absolute Gasteiger partial charge is 0.463 e. The van der Waals surface area contributed by atoms with Crippen molar-refractivity contribution in [2.75, 3.05) is 11.9 Å². The second-order valence-electron chi connectivity index (χ2n) is 8.67. The molecule has 1 N–H and O–H groups in total. The maximum absolute atomic E-state index is 13.4. The first kappa shape index (κ1) is 25.1. The molecule has 0 aliphatic carbocycles. The van der Waals surface area contributed by atoms with Crippen LogP contribution in [-0.4, -0.2) is 23.1 Å². The molecule has 34 heavy (non-hydrogen) atoms. The van der Waals surface area contributed by atoms with Crippen molar-refractivity contribution in [3.8, 4) is 0 Å². The van der Waals surface area contributed by atoms with Gasteiger partial charge in [-0.3, -0.25) is 14.2 Å². The summed E-state index contributed by atoms with van der Waals surface area (Å²) in [6.45, 7) is 7.89. The standard InChI is InChI=1S/C26H27FN2O4S/c1-5-33-24(31)15-23-29(16-22(30)28-20-8-6-7-19(27)14-20)25(32)21(34-23)13-17-9-11-18(12-10-17)26(2,3)4/h6-15H,5,16H2,1-4H3,(H,28,30). The van der Waals surface area contributed by atoms with E-state index in [0.717, 1.165) is 16.9 Å². The normalized spacial score (nSPS) is 12.6. The Morgan fingerprint density at radius 2 is 1.85 bits per heavy atom. The average Bonchev–Trinajstić information content (AvgIpc) is 3.02. The van der Waals surface area contributed by atoms with Gasteiger partial charge in [0.1, 0.15) is 17.0 Å². The van der Waals surface area contributed by atoms with Crippen LogP contribution in [-0.2, 0) is 26.3 Å². The third-order valence-electron chi connectivity index (χ3n) is 4.95. The number of benzene rings is 2. The van der Waals surface area contributed by atoms with Gasteiger partial charge in [0, 0.05) is 5.69 Å². The summed E-state index contributed by atoms with van der Waals surface area (Å²) in [5.74, 6) is -1.62. The Balaban J connectivity index is 1.99. The molecule has 0 aliphatic rings. The molecule has 3 aromatic rings. The molecule has 0 unspecified atom stereocenters. The summed E-state index contributed by atoms with van der Waals surface area (Å²) in [4.78, 5) is 37.8. The second kappa shape index (κ2) is 10.6. The summed E-state index contributed by atoms with van der Waals surface area (Å²) in [5.41, 5.74) is 1.86. The number of halogens is 1. The minimum absolute atomic E-state index is 0.00494. The minimum Gasteiger partial charge on any atom is -0.463 e. The van der Waals surface area contributed by atoms with Crippen molar-refractivity contribution >= 4 is 41.1 Å². The van der Waals surface area contributed by atoms with Crippen LogP contribution < -0.4 is 20.1 Å². The lowest BCUT2D eigenvalue weighted by atomic mass is 9.87. The lowest BCUT2D eigenvalue weighted by molar-refractivity contribution is -0.135. The van der Waals surface area contributed by atoms with E-state index in [0.29, 0.717) is 4.53 Å². The van der Waals surface area contributed by atoms with E-state index in [-0.39, 0.29) is 28.9 Å². The lowest BCUT2D eigenvalue weighted by Crippen LogP contribution is -2.36. The van der Waals surface area contributed by atoms with Crippen molar-refractivity contribution in [3.63, 3.8) is 0 Å². The fourth-order valence-electron chi connectivity index (χ4n) is 3.22. The molecule has 178 valence electrons. The van der Waals surface area contributed by atoms with Crippen molar-refractivity contribution in [2.45, 2.75) is 39.7 Å². The van der Waals surface area contributed by atoms with Gasteiger partial charge in [-0.15, -0.1) is 11.3 Å². The van der Waals surface area contributed by atoms with Crippen molar-refractivity contribution < 1.29 is 18.7 Å². The number of anilines is 1. The molecule has 0 saturated heterocycles. The Morgan fingerprint density at radius 3 is 2.47 bits per heavy atom. The number of aromatic nitrogens is 1. The Hall–Kier alpha value is -3.52. The zero-order chi connectivity index (χ0) is 24.9. The maximum Gasteiger partial charge on any atom is 0.333 e. The number of rotatable bonds is 6. The third kappa shape index (κ3) is 6.51. The Labute approximate surface area is 201 Å². The number of nitrogens with zero attached hydrogens (tertiary/aromatic N) is 1. The first-order valence-corrected chi connectivity index (χ1v) is 11.6. The third-order valence-corrected chi connectivity index (χ3v) is 6.01. The first-order chi connectivity index (χ1) is 16.1. The van der Waals surface area contributed by atoms with Gasteiger partial charge >= 0.3 is 5.97 Å². The molecule has 2 aromatic carbocycles. The zero-order valence-corrected chi connectivity index (χ0v) is 20.4. The zero-order valence-electron chi connectivity index (χ0n) is 19.6. The second-order valence-corrected chi connectivity index (χ2v) is 9.73. The van der Waals surface area contributed by atoms with Gasteiger partial charge in [-0.1, -0.05) is 51.1 Å². The fourth-order valence-corrected chi connectivity index (χ4v) is 4.25. The van der Waals surface area contributed by atoms with Crippen LogP contribution >= 0.6 is 11.3 Å². The van der Waals surface area contributed by atoms with Gasteiger partial charge in [-0.2, -0.15) is 0 Å². The monoisotopic (exact) mass is 482 g/mol. The molecular weight excluding hydrogens is 455 g/mol. The Morgan fingerprint density at radius 1 is 1.15 bits per heavy atom. The molecule has 0 bridgehead atoms. The number of ether oxygens (including phenoxy) is 1. The molecule has 3 rings (SSSR count). The van der Waals surface area contributed by atoms with Gasteiger partial charge in [0.05, 0.1) is 17.2 Å². The van der Waals surface area contributed by atoms with E-state index in [1.165, 1.54) is 34.4 Å². The smallest absolute Gasteiger partial charge is 0.333 e. The van der Waals surface area contributed by atoms with Crippen LogP contribution in [0, 0.1) is 5.82 Å². The summed E-state index contributed by atoms with van der Waals surface area (Å²) in [6, 6.07) is 13.3. The maximum atomic E-state index is 13.4. The van der Waals surface area contributed by atoms with Crippen LogP contribution in [0.2, 0.25) is 0 Å². The van der Waals surface area contributed by atoms with Crippen LogP contribution in [0.3, 0.4) is 0 Å². The van der Waals surface area contributed by atoms with Gasteiger partial charge in [0.25, 0.3) is 5.56 Å². The number of hydrogen-bond donors (Lipinski definition) is 1. The van der Waals surface area contributed by atoms with Gasteiger partial charge in [-0.05, 0) is 47.7 Å². The molecule has 1 aromatic heterocycles. The van der Waals surface area contributed by atoms with Crippen molar-refractivity contribution in [1.82, 2.24) is 4.57 Å². The molecule has 0 radical (unpaired) electrons. The summed E-state index contributed by atoms with van der Waals surface area (Å²) >= 11 is 1.09. The topological polar surface area (TPSA) is 77.4 Å². The first-order valence-electron chi connectivity index (χ1n) is 10.8. The quantitative estimate of drug-likeness (QED) is 0.548. The Kier molecular flexibility index (Phi) is 7.83. The SMILES string of the molecule is CCOC(=O)C=c1sc(=Cc2ccc(C(C)(C)C)cc2)c(=O)n1CC(=O)Nc1cccc(F)c1. The minimum atomic E-state index is -0.607. The van der Waals surface area contributed by atoms with E-state index in [1.54, 1.807) is 19.1 Å². The number of nitrogens with one attached hydrogen (secondary N) is 1. The van der Waals surface area contributed by atoms with Crippen LogP contribution in [0.4, 0.5) is 10.1 Å². The molecule has 1 heterocycles. The highest BCUT2D eigenvalue weighted by Crippen LogP contribution is 2.22. The molecule has 0 fully saturated rings. The summed E-state index contributed by atoms with van der Waals surface area (Å²) < 4.78 is 20.3. The Bertz CT molecular complexity index is 1370. The molecular formula is C26H27FN2O4S. The molecule has 1 amide bonds. The van der Waals surface area contributed by atoms with Crippen LogP contribution in [0.5, 0.6) is 0 Å². The van der Waals surface area contributed by atoms with E-state index < -0.39 is 23.3 Å². The number of carbonyl (C=O) groups is 2. The number of carbonyl (C=O) groups excluding carboxylic acids is 2. The number of esters is 1. The predicted octanol–water partition coefficient (Wildman–Crippen LogP) is 3.16. The molecule has 6 nitrogen and oxygen atoms in total. The summed E-state index contributed by atoms with van der Waals surface area (Å²) in [5, 5.41) is 2.57. The highest BCUT2D eigenvalue weighted by molar-refractivity contribution is 7.07. The van der Waals surface area contributed by atoms with Crippen molar-refractivity contribution in [2.24, 2.45) is 0 Å². The summed E-state index contributed by atoms with van der Waals surface area (Å²) in [7, 11) is 0. The van der Waals surface area contributed by atoms with E-state index in [4.69, 9.17) is 4.74 Å². The van der Waals surface area contributed by atoms with E-state index in [9.17, 15) is 18.8 Å². The molecule has 0 spiro atoms. The van der Waals surface area contributed by atoms with Crippen molar-refractivity contribution in [1.29, 1.82) is 0 Å². The number of hydrogen-bond acceptors (Lipinski definition) is 5. The number of thiazole rings is 1. The summed E-state index contributed by atoms with van der Waals surface area (Å²) in [6.07, 6.45) is 2.92. The highest BCUT2D eigenvalue weighted by Gasteiger charge is 2.14. The van der Waals surface area contributed by atoms with Crippen LogP contribution in [0.15, 0.2) is 53.3 Å². The van der Waals surface area contributed by atoms with E-state index >= 15 is 0 Å². The van der Waals surface area contributed by atoms with Crippen molar-refractivity contribution in [3.05, 3.63) is 85.0 Å². The fraction of sp³-hybridized carbons (Fsp3) is 0.269.